The van der Waals surface area contributed by atoms with Crippen molar-refractivity contribution in [1.29, 1.82) is 0 Å². The van der Waals surface area contributed by atoms with Crippen molar-refractivity contribution in [3.8, 4) is 0 Å². The number of nitrogens with zero attached hydrogens (tertiary/aromatic N) is 4. The molecule has 0 saturated heterocycles. The lowest BCUT2D eigenvalue weighted by molar-refractivity contribution is -0.393. The molecule has 1 N–H and O–H groups in total. The predicted octanol–water partition coefficient (Wildman–Crippen LogP) is 3.00. The highest BCUT2D eigenvalue weighted by molar-refractivity contribution is 5.86. The summed E-state index contributed by atoms with van der Waals surface area (Å²) in [5.74, 6) is -0.905. The summed E-state index contributed by atoms with van der Waals surface area (Å²) in [6.45, 7) is 0. The van der Waals surface area contributed by atoms with Crippen LogP contribution in [-0.2, 0) is 0 Å². The summed E-state index contributed by atoms with van der Waals surface area (Å²) in [6.07, 6.45) is 0.790. The van der Waals surface area contributed by atoms with Crippen molar-refractivity contribution in [2.45, 2.75) is 0 Å². The van der Waals surface area contributed by atoms with Gasteiger partial charge in [-0.15, -0.1) is 0 Å². The zero-order valence-corrected chi connectivity index (χ0v) is 12.2. The van der Waals surface area contributed by atoms with Gasteiger partial charge in [0.05, 0.1) is 27.1 Å². The molecule has 0 bridgehead atoms. The summed E-state index contributed by atoms with van der Waals surface area (Å²) in [5, 5.41) is 36.0. The highest BCUT2D eigenvalue weighted by Gasteiger charge is 2.20. The van der Waals surface area contributed by atoms with Crippen LogP contribution in [0.1, 0.15) is 5.56 Å². The molecule has 0 aromatic heterocycles. The van der Waals surface area contributed by atoms with E-state index in [0.717, 1.165) is 42.6 Å². The van der Waals surface area contributed by atoms with Crippen LogP contribution in [0.15, 0.2) is 41.5 Å². The van der Waals surface area contributed by atoms with Crippen LogP contribution >= 0.6 is 0 Å². The van der Waals surface area contributed by atoms with Crippen LogP contribution in [-0.4, -0.2) is 21.0 Å². The summed E-state index contributed by atoms with van der Waals surface area (Å²) in [4.78, 5) is 30.0. The average molecular weight is 349 g/mol. The zero-order chi connectivity index (χ0) is 18.6. The summed E-state index contributed by atoms with van der Waals surface area (Å²) >= 11 is 0. The molecule has 0 radical (unpaired) electrons. The van der Waals surface area contributed by atoms with Gasteiger partial charge in [-0.05, 0) is 12.1 Å². The van der Waals surface area contributed by atoms with E-state index in [2.05, 4.69) is 10.5 Å². The SMILES string of the molecule is O=[N+]([O-])c1ccc(NN=Cc2c(F)cccc2[N+](=O)[O-])c([N+](=O)[O-])c1. The quantitative estimate of drug-likeness (QED) is 0.477. The van der Waals surface area contributed by atoms with Crippen LogP contribution in [0.25, 0.3) is 0 Å². The molecule has 25 heavy (non-hydrogen) atoms. The van der Waals surface area contributed by atoms with Gasteiger partial charge in [0.25, 0.3) is 11.4 Å². The molecule has 0 unspecified atom stereocenters. The van der Waals surface area contributed by atoms with Crippen molar-refractivity contribution in [1.82, 2.24) is 0 Å². The lowest BCUT2D eigenvalue weighted by Gasteiger charge is -2.02. The number of hydrogen-bond acceptors (Lipinski definition) is 8. The monoisotopic (exact) mass is 349 g/mol. The maximum atomic E-state index is 13.7. The highest BCUT2D eigenvalue weighted by atomic mass is 19.1. The molecule has 0 heterocycles. The second-order valence-corrected chi connectivity index (χ2v) is 4.52. The number of halogens is 1. The molecule has 128 valence electrons. The summed E-state index contributed by atoms with van der Waals surface area (Å²) in [5.41, 5.74) is -0.0736. The molecule has 2 aromatic carbocycles. The Balaban J connectivity index is 2.33. The number of nitro groups is 3. The second kappa shape index (κ2) is 7.08. The Morgan fingerprint density at radius 1 is 0.960 bits per heavy atom. The van der Waals surface area contributed by atoms with Crippen LogP contribution in [0.2, 0.25) is 0 Å². The van der Waals surface area contributed by atoms with Gasteiger partial charge in [-0.25, -0.2) is 4.39 Å². The number of non-ortho nitro benzene ring substituents is 1. The minimum Gasteiger partial charge on any atom is -0.272 e. The van der Waals surface area contributed by atoms with Crippen molar-refractivity contribution >= 4 is 29.0 Å². The zero-order valence-electron chi connectivity index (χ0n) is 12.2. The molecule has 2 rings (SSSR count). The van der Waals surface area contributed by atoms with E-state index in [1.165, 1.54) is 0 Å². The largest absolute Gasteiger partial charge is 0.301 e. The van der Waals surface area contributed by atoms with E-state index >= 15 is 0 Å². The van der Waals surface area contributed by atoms with E-state index in [1.54, 1.807) is 0 Å². The third kappa shape index (κ3) is 3.87. The van der Waals surface area contributed by atoms with Crippen LogP contribution < -0.4 is 5.43 Å². The molecule has 2 aromatic rings. The van der Waals surface area contributed by atoms with Gasteiger partial charge in [-0.3, -0.25) is 35.8 Å². The van der Waals surface area contributed by atoms with Gasteiger partial charge in [0.15, 0.2) is 0 Å². The fourth-order valence-electron chi connectivity index (χ4n) is 1.86. The van der Waals surface area contributed by atoms with E-state index in [4.69, 9.17) is 0 Å². The number of hydrogen-bond donors (Lipinski definition) is 1. The molecule has 0 aliphatic carbocycles. The summed E-state index contributed by atoms with van der Waals surface area (Å²) in [6, 6.07) is 5.99. The fourth-order valence-corrected chi connectivity index (χ4v) is 1.86. The molecule has 0 fully saturated rings. The first-order chi connectivity index (χ1) is 11.8. The highest BCUT2D eigenvalue weighted by Crippen LogP contribution is 2.29. The fraction of sp³-hybridized carbons (Fsp3) is 0. The Kier molecular flexibility index (Phi) is 4.92. The lowest BCUT2D eigenvalue weighted by atomic mass is 10.2. The molecule has 0 saturated carbocycles. The number of nitrogens with one attached hydrogen (secondary N) is 1. The van der Waals surface area contributed by atoms with Gasteiger partial charge in [0.2, 0.25) is 0 Å². The third-order valence-corrected chi connectivity index (χ3v) is 2.99. The van der Waals surface area contributed by atoms with E-state index in [0.29, 0.717) is 0 Å². The third-order valence-electron chi connectivity index (χ3n) is 2.99. The normalized spacial score (nSPS) is 10.6. The van der Waals surface area contributed by atoms with Crippen molar-refractivity contribution in [3.63, 3.8) is 0 Å². The molecule has 12 heteroatoms. The van der Waals surface area contributed by atoms with Crippen molar-refractivity contribution in [3.05, 3.63) is 78.1 Å². The van der Waals surface area contributed by atoms with Crippen molar-refractivity contribution in [2.24, 2.45) is 5.10 Å². The Bertz CT molecular complexity index is 900. The minimum atomic E-state index is -0.905. The standard InChI is InChI=1S/C13H8FN5O6/c14-10-2-1-3-12(18(22)23)9(10)7-15-16-11-5-4-8(17(20)21)6-13(11)19(24)25/h1-7,16H. The first-order valence-electron chi connectivity index (χ1n) is 6.46. The van der Waals surface area contributed by atoms with Crippen LogP contribution in [0.3, 0.4) is 0 Å². The maximum absolute atomic E-state index is 13.7. The minimum absolute atomic E-state index is 0.203. The second-order valence-electron chi connectivity index (χ2n) is 4.52. The van der Waals surface area contributed by atoms with Gasteiger partial charge < -0.3 is 0 Å². The molecule has 0 spiro atoms. The molecule has 0 aliphatic rings. The molecular formula is C13H8FN5O6. The van der Waals surface area contributed by atoms with Crippen LogP contribution in [0.4, 0.5) is 27.1 Å². The van der Waals surface area contributed by atoms with Crippen molar-refractivity contribution in [2.75, 3.05) is 5.43 Å². The molecule has 0 aliphatic heterocycles. The van der Waals surface area contributed by atoms with Gasteiger partial charge in [0.1, 0.15) is 17.1 Å². The smallest absolute Gasteiger partial charge is 0.272 e. The Morgan fingerprint density at radius 2 is 1.64 bits per heavy atom. The maximum Gasteiger partial charge on any atom is 0.301 e. The topological polar surface area (TPSA) is 154 Å². The Labute approximate surface area is 137 Å². The van der Waals surface area contributed by atoms with Crippen LogP contribution in [0.5, 0.6) is 0 Å². The van der Waals surface area contributed by atoms with E-state index in [9.17, 15) is 34.7 Å². The van der Waals surface area contributed by atoms with Gasteiger partial charge in [-0.1, -0.05) is 6.07 Å². The first-order valence-corrected chi connectivity index (χ1v) is 6.46. The Hall–Kier alpha value is -3.96. The van der Waals surface area contributed by atoms with E-state index < -0.39 is 43.2 Å². The number of hydrazone groups is 1. The van der Waals surface area contributed by atoms with Gasteiger partial charge in [-0.2, -0.15) is 5.10 Å². The summed E-state index contributed by atoms with van der Waals surface area (Å²) in [7, 11) is 0. The Morgan fingerprint density at radius 3 is 2.24 bits per heavy atom. The summed E-state index contributed by atoms with van der Waals surface area (Å²) < 4.78 is 13.7. The van der Waals surface area contributed by atoms with Gasteiger partial charge >= 0.3 is 5.69 Å². The molecular weight excluding hydrogens is 341 g/mol. The number of anilines is 1. The van der Waals surface area contributed by atoms with E-state index in [-0.39, 0.29) is 5.69 Å². The van der Waals surface area contributed by atoms with E-state index in [1.807, 2.05) is 0 Å². The number of nitro benzene ring substituents is 3. The molecule has 0 amide bonds. The molecule has 11 nitrogen and oxygen atoms in total. The van der Waals surface area contributed by atoms with Gasteiger partial charge in [0, 0.05) is 12.1 Å². The number of benzene rings is 2. The first kappa shape index (κ1) is 17.4. The average Bonchev–Trinajstić information content (AvgIpc) is 2.55. The molecule has 0 atom stereocenters. The predicted molar refractivity (Wildman–Crippen MR) is 84.0 cm³/mol. The lowest BCUT2D eigenvalue weighted by Crippen LogP contribution is -2.01. The number of rotatable bonds is 6. The van der Waals surface area contributed by atoms with Crippen molar-refractivity contribution < 1.29 is 19.2 Å². The van der Waals surface area contributed by atoms with Crippen LogP contribution in [0, 0.1) is 36.2 Å².